The minimum absolute atomic E-state index is 0.0442. The lowest BCUT2D eigenvalue weighted by Crippen LogP contribution is -2.43. The third-order valence-electron chi connectivity index (χ3n) is 3.55. The Morgan fingerprint density at radius 2 is 2.10 bits per heavy atom. The van der Waals surface area contributed by atoms with Crippen LogP contribution in [0.2, 0.25) is 0 Å². The predicted molar refractivity (Wildman–Crippen MR) is 88.6 cm³/mol. The van der Waals surface area contributed by atoms with Gasteiger partial charge in [0.25, 0.3) is 5.91 Å². The van der Waals surface area contributed by atoms with Crippen LogP contribution in [0.5, 0.6) is 0 Å². The monoisotopic (exact) mass is 356 g/mol. The maximum absolute atomic E-state index is 12.3. The summed E-state index contributed by atoms with van der Waals surface area (Å²) in [5.74, 6) is -0.0442. The number of nitrogens with one attached hydrogen (secondary N) is 1. The van der Waals surface area contributed by atoms with Crippen molar-refractivity contribution < 1.29 is 4.79 Å². The Morgan fingerprint density at radius 3 is 2.80 bits per heavy atom. The lowest BCUT2D eigenvalue weighted by Gasteiger charge is -2.29. The molecule has 5 heteroatoms. The zero-order valence-corrected chi connectivity index (χ0v) is 14.2. The molecule has 0 spiro atoms. The van der Waals surface area contributed by atoms with E-state index in [9.17, 15) is 4.79 Å². The van der Waals surface area contributed by atoms with E-state index in [-0.39, 0.29) is 11.9 Å². The molecule has 0 aromatic heterocycles. The molecule has 1 unspecified atom stereocenters. The van der Waals surface area contributed by atoms with Gasteiger partial charge in [-0.15, -0.1) is 12.6 Å². The molecule has 0 bridgehead atoms. The first-order valence-electron chi connectivity index (χ1n) is 7.08. The van der Waals surface area contributed by atoms with E-state index in [1.165, 1.54) is 19.3 Å². The molecular weight excluding hydrogens is 336 g/mol. The highest BCUT2D eigenvalue weighted by molar-refractivity contribution is 9.10. The molecule has 1 aromatic rings. The van der Waals surface area contributed by atoms with Gasteiger partial charge in [0.15, 0.2) is 0 Å². The number of rotatable bonds is 4. The van der Waals surface area contributed by atoms with Crippen molar-refractivity contribution in [2.75, 3.05) is 19.6 Å². The van der Waals surface area contributed by atoms with E-state index >= 15 is 0 Å². The van der Waals surface area contributed by atoms with E-state index < -0.39 is 0 Å². The van der Waals surface area contributed by atoms with Crippen LogP contribution in [0, 0.1) is 0 Å². The molecule has 1 aliphatic rings. The highest BCUT2D eigenvalue weighted by atomic mass is 79.9. The molecule has 1 N–H and O–H groups in total. The average Bonchev–Trinajstić information content (AvgIpc) is 2.42. The maximum Gasteiger partial charge on any atom is 0.252 e. The summed E-state index contributed by atoms with van der Waals surface area (Å²) >= 11 is 7.70. The number of nitrogens with zero attached hydrogens (tertiary/aromatic N) is 1. The summed E-state index contributed by atoms with van der Waals surface area (Å²) in [5.41, 5.74) is 0.642. The second-order valence-electron chi connectivity index (χ2n) is 5.40. The standard InChI is InChI=1S/C15H21BrN2OS/c1-11(10-18-7-3-2-4-8-18)17-15(19)13-9-12(20)5-6-14(13)16/h5-6,9,11,20H,2-4,7-8,10H2,1H3,(H,17,19). The molecule has 2 rings (SSSR count). The first-order valence-corrected chi connectivity index (χ1v) is 8.32. The van der Waals surface area contributed by atoms with Crippen molar-refractivity contribution in [3.63, 3.8) is 0 Å². The van der Waals surface area contributed by atoms with E-state index in [4.69, 9.17) is 0 Å². The fourth-order valence-corrected chi connectivity index (χ4v) is 3.19. The highest BCUT2D eigenvalue weighted by Crippen LogP contribution is 2.20. The number of hydrogen-bond acceptors (Lipinski definition) is 3. The molecule has 1 heterocycles. The number of amides is 1. The number of carbonyl (C=O) groups is 1. The Hall–Kier alpha value is -0.520. The zero-order chi connectivity index (χ0) is 14.5. The lowest BCUT2D eigenvalue weighted by atomic mass is 10.1. The molecule has 0 aliphatic carbocycles. The van der Waals surface area contributed by atoms with Gasteiger partial charge in [0.2, 0.25) is 0 Å². The normalized spacial score (nSPS) is 17.8. The fraction of sp³-hybridized carbons (Fsp3) is 0.533. The minimum Gasteiger partial charge on any atom is -0.348 e. The van der Waals surface area contributed by atoms with Crippen molar-refractivity contribution in [3.05, 3.63) is 28.2 Å². The Morgan fingerprint density at radius 1 is 1.40 bits per heavy atom. The van der Waals surface area contributed by atoms with Crippen LogP contribution in [0.15, 0.2) is 27.6 Å². The van der Waals surface area contributed by atoms with Gasteiger partial charge in [-0.3, -0.25) is 4.79 Å². The number of hydrogen-bond donors (Lipinski definition) is 2. The van der Waals surface area contributed by atoms with Gasteiger partial charge in [0, 0.05) is 22.0 Å². The average molecular weight is 357 g/mol. The van der Waals surface area contributed by atoms with Crippen LogP contribution in [-0.2, 0) is 0 Å². The van der Waals surface area contributed by atoms with E-state index in [0.717, 1.165) is 29.0 Å². The SMILES string of the molecule is CC(CN1CCCCC1)NC(=O)c1cc(S)ccc1Br. The second kappa shape index (κ2) is 7.48. The van der Waals surface area contributed by atoms with E-state index in [0.29, 0.717) is 5.56 Å². The molecule has 110 valence electrons. The molecule has 20 heavy (non-hydrogen) atoms. The Labute approximate surface area is 134 Å². The number of piperidine rings is 1. The molecule has 3 nitrogen and oxygen atoms in total. The van der Waals surface area contributed by atoms with E-state index in [2.05, 4.69) is 45.7 Å². The topological polar surface area (TPSA) is 32.3 Å². The summed E-state index contributed by atoms with van der Waals surface area (Å²) in [6, 6.07) is 5.65. The summed E-state index contributed by atoms with van der Waals surface area (Å²) in [6.45, 7) is 5.28. The van der Waals surface area contributed by atoms with Crippen molar-refractivity contribution in [2.24, 2.45) is 0 Å². The van der Waals surface area contributed by atoms with Gasteiger partial charge in [0.1, 0.15) is 0 Å². The number of thiol groups is 1. The molecule has 1 saturated heterocycles. The molecule has 1 atom stereocenters. The van der Waals surface area contributed by atoms with Crippen molar-refractivity contribution in [2.45, 2.75) is 37.1 Å². The van der Waals surface area contributed by atoms with Crippen LogP contribution in [0.1, 0.15) is 36.5 Å². The van der Waals surface area contributed by atoms with Crippen LogP contribution >= 0.6 is 28.6 Å². The number of carbonyl (C=O) groups excluding carboxylic acids is 1. The van der Waals surface area contributed by atoms with Gasteiger partial charge >= 0.3 is 0 Å². The molecule has 1 aliphatic heterocycles. The van der Waals surface area contributed by atoms with Gasteiger partial charge in [-0.1, -0.05) is 6.42 Å². The summed E-state index contributed by atoms with van der Waals surface area (Å²) in [6.07, 6.45) is 3.88. The Kier molecular flexibility index (Phi) is 5.93. The van der Waals surface area contributed by atoms with Gasteiger partial charge in [-0.05, 0) is 67.0 Å². The van der Waals surface area contributed by atoms with Gasteiger partial charge in [-0.2, -0.15) is 0 Å². The summed E-state index contributed by atoms with van der Waals surface area (Å²) in [7, 11) is 0. The number of likely N-dealkylation sites (tertiary alicyclic amines) is 1. The molecular formula is C15H21BrN2OS. The summed E-state index contributed by atoms with van der Waals surface area (Å²) < 4.78 is 0.804. The van der Waals surface area contributed by atoms with Crippen LogP contribution in [0.3, 0.4) is 0 Å². The molecule has 1 fully saturated rings. The third-order valence-corrected chi connectivity index (χ3v) is 4.52. The van der Waals surface area contributed by atoms with Crippen LogP contribution in [-0.4, -0.2) is 36.5 Å². The van der Waals surface area contributed by atoms with E-state index in [1.54, 1.807) is 6.07 Å². The van der Waals surface area contributed by atoms with Crippen molar-refractivity contribution in [1.82, 2.24) is 10.2 Å². The summed E-state index contributed by atoms with van der Waals surface area (Å²) in [4.78, 5) is 15.5. The van der Waals surface area contributed by atoms with Crippen molar-refractivity contribution in [3.8, 4) is 0 Å². The Bertz CT molecular complexity index is 475. The van der Waals surface area contributed by atoms with Gasteiger partial charge in [-0.25, -0.2) is 0 Å². The maximum atomic E-state index is 12.3. The van der Waals surface area contributed by atoms with Crippen LogP contribution < -0.4 is 5.32 Å². The highest BCUT2D eigenvalue weighted by Gasteiger charge is 2.17. The third kappa shape index (κ3) is 4.50. The van der Waals surface area contributed by atoms with E-state index in [1.807, 2.05) is 12.1 Å². The second-order valence-corrected chi connectivity index (χ2v) is 6.77. The first kappa shape index (κ1) is 15.9. The van der Waals surface area contributed by atoms with Gasteiger partial charge in [0.05, 0.1) is 5.56 Å². The largest absolute Gasteiger partial charge is 0.348 e. The smallest absolute Gasteiger partial charge is 0.252 e. The minimum atomic E-state index is -0.0442. The quantitative estimate of drug-likeness (QED) is 0.810. The van der Waals surface area contributed by atoms with Crippen molar-refractivity contribution in [1.29, 1.82) is 0 Å². The number of benzene rings is 1. The molecule has 1 aromatic carbocycles. The number of halogens is 1. The first-order chi connectivity index (χ1) is 9.56. The summed E-state index contributed by atoms with van der Waals surface area (Å²) in [5, 5.41) is 3.07. The lowest BCUT2D eigenvalue weighted by molar-refractivity contribution is 0.0924. The predicted octanol–water partition coefficient (Wildman–Crippen LogP) is 3.34. The van der Waals surface area contributed by atoms with Crippen LogP contribution in [0.4, 0.5) is 0 Å². The van der Waals surface area contributed by atoms with Crippen LogP contribution in [0.25, 0.3) is 0 Å². The molecule has 0 saturated carbocycles. The zero-order valence-electron chi connectivity index (χ0n) is 11.7. The van der Waals surface area contributed by atoms with Crippen molar-refractivity contribution >= 4 is 34.5 Å². The Balaban J connectivity index is 1.91. The molecule has 1 amide bonds. The molecule has 0 radical (unpaired) electrons. The fourth-order valence-electron chi connectivity index (χ4n) is 2.56. The van der Waals surface area contributed by atoms with Gasteiger partial charge < -0.3 is 10.2 Å².